The van der Waals surface area contributed by atoms with Crippen LogP contribution < -0.4 is 4.90 Å². The van der Waals surface area contributed by atoms with E-state index in [1.54, 1.807) is 30.3 Å². The number of aryl methyl sites for hydroxylation is 1. The molecule has 0 saturated heterocycles. The van der Waals surface area contributed by atoms with Gasteiger partial charge in [0.1, 0.15) is 11.4 Å². The number of carbonyl (C=O) groups excluding carboxylic acids is 2. The van der Waals surface area contributed by atoms with Crippen LogP contribution in [0, 0.1) is 12.7 Å². The zero-order chi connectivity index (χ0) is 23.3. The zero-order valence-corrected chi connectivity index (χ0v) is 18.1. The molecule has 0 aliphatic carbocycles. The van der Waals surface area contributed by atoms with Gasteiger partial charge in [-0.15, -0.1) is 0 Å². The van der Waals surface area contributed by atoms with Crippen LogP contribution in [0.3, 0.4) is 0 Å². The average molecular weight is 462 g/mol. The first kappa shape index (κ1) is 21.0. The number of hydrogen-bond acceptors (Lipinski definition) is 4. The number of ketones is 1. The van der Waals surface area contributed by atoms with Crippen LogP contribution in [-0.2, 0) is 4.79 Å². The first-order valence-electron chi connectivity index (χ1n) is 10.2. The molecule has 2 heterocycles. The van der Waals surface area contributed by atoms with Crippen molar-refractivity contribution in [3.8, 4) is 0 Å². The van der Waals surface area contributed by atoms with Crippen LogP contribution in [0.25, 0.3) is 11.0 Å². The number of hydrogen-bond donors (Lipinski definition) is 1. The van der Waals surface area contributed by atoms with Crippen LogP contribution >= 0.6 is 11.6 Å². The molecule has 5 rings (SSSR count). The van der Waals surface area contributed by atoms with Gasteiger partial charge < -0.3 is 9.52 Å². The third-order valence-electron chi connectivity index (χ3n) is 5.65. The summed E-state index contributed by atoms with van der Waals surface area (Å²) in [6.45, 7) is 1.91. The van der Waals surface area contributed by atoms with Gasteiger partial charge in [-0.2, -0.15) is 0 Å². The summed E-state index contributed by atoms with van der Waals surface area (Å²) >= 11 is 6.03. The highest BCUT2D eigenvalue weighted by molar-refractivity contribution is 6.31. The van der Waals surface area contributed by atoms with Crippen LogP contribution in [0.2, 0.25) is 5.02 Å². The van der Waals surface area contributed by atoms with E-state index in [2.05, 4.69) is 0 Å². The number of Topliss-reactive ketones (excluding diaryl/α,β-unsaturated/α-hetero) is 1. The lowest BCUT2D eigenvalue weighted by molar-refractivity contribution is -0.117. The molecule has 0 radical (unpaired) electrons. The Bertz CT molecular complexity index is 1440. The molecule has 1 aliphatic rings. The molecule has 0 bridgehead atoms. The third kappa shape index (κ3) is 3.58. The van der Waals surface area contributed by atoms with E-state index in [4.69, 9.17) is 16.0 Å². The number of carbonyl (C=O) groups is 2. The normalized spacial score (nSPS) is 16.2. The van der Waals surface area contributed by atoms with Crippen molar-refractivity contribution in [3.05, 3.63) is 112 Å². The average Bonchev–Trinajstić information content (AvgIpc) is 3.33. The van der Waals surface area contributed by atoms with E-state index in [9.17, 15) is 19.1 Å². The summed E-state index contributed by atoms with van der Waals surface area (Å²) in [5.74, 6) is -2.54. The number of aliphatic hydroxyl groups is 1. The summed E-state index contributed by atoms with van der Waals surface area (Å²) in [6, 6.07) is 18.0. The van der Waals surface area contributed by atoms with E-state index in [0.29, 0.717) is 27.2 Å². The zero-order valence-electron chi connectivity index (χ0n) is 17.4. The minimum atomic E-state index is -0.967. The largest absolute Gasteiger partial charge is 0.503 e. The molecule has 5 nitrogen and oxygen atoms in total. The smallest absolute Gasteiger partial charge is 0.294 e. The molecule has 0 saturated carbocycles. The third-order valence-corrected chi connectivity index (χ3v) is 5.89. The number of rotatable bonds is 4. The molecular formula is C26H17ClFNO4. The second-order valence-electron chi connectivity index (χ2n) is 7.85. The Morgan fingerprint density at radius 3 is 2.42 bits per heavy atom. The predicted molar refractivity (Wildman–Crippen MR) is 123 cm³/mol. The van der Waals surface area contributed by atoms with Gasteiger partial charge in [-0.05, 0) is 61.0 Å². The number of nitrogens with zero attached hydrogens (tertiary/aromatic N) is 1. The number of anilines is 1. The van der Waals surface area contributed by atoms with Gasteiger partial charge in [0.2, 0.25) is 5.78 Å². The molecule has 3 aromatic carbocycles. The van der Waals surface area contributed by atoms with Crippen molar-refractivity contribution in [1.29, 1.82) is 0 Å². The van der Waals surface area contributed by atoms with Gasteiger partial charge in [0.15, 0.2) is 11.5 Å². The van der Waals surface area contributed by atoms with Crippen LogP contribution in [-0.4, -0.2) is 16.8 Å². The number of halogens is 2. The van der Waals surface area contributed by atoms with Gasteiger partial charge in [0.25, 0.3) is 5.91 Å². The second-order valence-corrected chi connectivity index (χ2v) is 8.29. The Balaban J connectivity index is 1.65. The maximum Gasteiger partial charge on any atom is 0.294 e. The highest BCUT2D eigenvalue weighted by atomic mass is 35.5. The molecule has 164 valence electrons. The molecule has 7 heteroatoms. The molecular weight excluding hydrogens is 445 g/mol. The number of amides is 1. The van der Waals surface area contributed by atoms with E-state index >= 15 is 0 Å². The fourth-order valence-electron chi connectivity index (χ4n) is 4.03. The van der Waals surface area contributed by atoms with Crippen molar-refractivity contribution >= 4 is 39.9 Å². The van der Waals surface area contributed by atoms with E-state index < -0.39 is 29.3 Å². The van der Waals surface area contributed by atoms with Crippen LogP contribution in [0.1, 0.15) is 27.7 Å². The minimum absolute atomic E-state index is 0.0421. The topological polar surface area (TPSA) is 70.8 Å². The van der Waals surface area contributed by atoms with Crippen molar-refractivity contribution < 1.29 is 23.5 Å². The molecule has 1 amide bonds. The molecule has 0 fully saturated rings. The van der Waals surface area contributed by atoms with E-state index in [0.717, 1.165) is 5.56 Å². The van der Waals surface area contributed by atoms with Gasteiger partial charge in [-0.3, -0.25) is 14.5 Å². The molecule has 1 unspecified atom stereocenters. The number of fused-ring (bicyclic) bond motifs is 1. The van der Waals surface area contributed by atoms with Crippen molar-refractivity contribution in [2.75, 3.05) is 4.90 Å². The first-order valence-corrected chi connectivity index (χ1v) is 10.5. The van der Waals surface area contributed by atoms with Gasteiger partial charge in [0.05, 0.1) is 11.6 Å². The Morgan fingerprint density at radius 1 is 1.03 bits per heavy atom. The van der Waals surface area contributed by atoms with Gasteiger partial charge in [-0.25, -0.2) is 4.39 Å². The summed E-state index contributed by atoms with van der Waals surface area (Å²) in [6.07, 6.45) is 0. The highest BCUT2D eigenvalue weighted by Crippen LogP contribution is 2.42. The van der Waals surface area contributed by atoms with Gasteiger partial charge in [-0.1, -0.05) is 41.4 Å². The molecule has 4 aromatic rings. The number of furan rings is 1. The Morgan fingerprint density at radius 2 is 1.73 bits per heavy atom. The second kappa shape index (κ2) is 7.90. The standard InChI is InChI=1S/C26H17ClFNO4/c1-14-2-9-19(10-3-14)29-23(15-4-7-18(28)8-5-15)22(25(31)26(29)32)24(30)21-13-16-12-17(27)6-11-20(16)33-21/h2-13,23,31H,1H3. The first-order chi connectivity index (χ1) is 15.8. The maximum atomic E-state index is 13.6. The molecule has 1 aliphatic heterocycles. The monoisotopic (exact) mass is 461 g/mol. The van der Waals surface area contributed by atoms with Crippen molar-refractivity contribution in [3.63, 3.8) is 0 Å². The van der Waals surface area contributed by atoms with Crippen molar-refractivity contribution in [1.82, 2.24) is 0 Å². The van der Waals surface area contributed by atoms with Crippen LogP contribution in [0.5, 0.6) is 0 Å². The van der Waals surface area contributed by atoms with E-state index in [1.807, 2.05) is 19.1 Å². The molecule has 1 atom stereocenters. The fourth-order valence-corrected chi connectivity index (χ4v) is 4.21. The van der Waals surface area contributed by atoms with E-state index in [1.165, 1.54) is 35.2 Å². The molecule has 1 N–H and O–H groups in total. The van der Waals surface area contributed by atoms with Crippen LogP contribution in [0.4, 0.5) is 10.1 Å². The van der Waals surface area contributed by atoms with Crippen molar-refractivity contribution in [2.45, 2.75) is 13.0 Å². The van der Waals surface area contributed by atoms with Gasteiger partial charge >= 0.3 is 0 Å². The maximum absolute atomic E-state index is 13.6. The highest BCUT2D eigenvalue weighted by Gasteiger charge is 2.45. The predicted octanol–water partition coefficient (Wildman–Crippen LogP) is 6.32. The molecule has 0 spiro atoms. The summed E-state index contributed by atoms with van der Waals surface area (Å²) in [7, 11) is 0. The number of aliphatic hydroxyl groups excluding tert-OH is 1. The summed E-state index contributed by atoms with van der Waals surface area (Å²) in [5.41, 5.74) is 2.25. The number of benzene rings is 3. The van der Waals surface area contributed by atoms with Crippen molar-refractivity contribution in [2.24, 2.45) is 0 Å². The Labute approximate surface area is 193 Å². The fraction of sp³-hybridized carbons (Fsp3) is 0.0769. The lowest BCUT2D eigenvalue weighted by Gasteiger charge is -2.27. The van der Waals surface area contributed by atoms with E-state index in [-0.39, 0.29) is 11.3 Å². The summed E-state index contributed by atoms with van der Waals surface area (Å²) in [4.78, 5) is 28.0. The van der Waals surface area contributed by atoms with Gasteiger partial charge in [0, 0.05) is 16.1 Å². The summed E-state index contributed by atoms with van der Waals surface area (Å²) in [5, 5.41) is 11.9. The SMILES string of the molecule is Cc1ccc(N2C(=O)C(O)=C(C(=O)c3cc4cc(Cl)ccc4o3)C2c2ccc(F)cc2)cc1. The molecule has 33 heavy (non-hydrogen) atoms. The minimum Gasteiger partial charge on any atom is -0.503 e. The van der Waals surface area contributed by atoms with Crippen LogP contribution in [0.15, 0.2) is 88.5 Å². The lowest BCUT2D eigenvalue weighted by Crippen LogP contribution is -2.31. The lowest BCUT2D eigenvalue weighted by atomic mass is 9.94. The summed E-state index contributed by atoms with van der Waals surface area (Å²) < 4.78 is 19.3. The molecule has 1 aromatic heterocycles. The quantitative estimate of drug-likeness (QED) is 0.361. The Hall–Kier alpha value is -3.90. The Kier molecular flexibility index (Phi) is 5.02.